The number of nitrogens with zero attached hydrogens (tertiary/aromatic N) is 9. The van der Waals surface area contributed by atoms with E-state index in [0.717, 1.165) is 31.6 Å². The third kappa shape index (κ3) is 8.85. The summed E-state index contributed by atoms with van der Waals surface area (Å²) in [6, 6.07) is 8.37. The molecule has 4 aromatic heterocycles. The van der Waals surface area contributed by atoms with Gasteiger partial charge in [0.05, 0.1) is 49.4 Å². The van der Waals surface area contributed by atoms with E-state index in [4.69, 9.17) is 29.9 Å². The Hall–Kier alpha value is -6.86. The van der Waals surface area contributed by atoms with Crippen LogP contribution in [0.25, 0.3) is 22.1 Å². The Labute approximate surface area is 369 Å². The average Bonchev–Trinajstić information content (AvgIpc) is 4.06. The second kappa shape index (κ2) is 18.9. The van der Waals surface area contributed by atoms with E-state index in [1.807, 2.05) is 50.5 Å². The number of amides is 3. The zero-order valence-electron chi connectivity index (χ0n) is 36.9. The van der Waals surface area contributed by atoms with Gasteiger partial charge in [-0.2, -0.15) is 10.2 Å². The van der Waals surface area contributed by atoms with Gasteiger partial charge in [-0.25, -0.2) is 9.97 Å². The maximum Gasteiger partial charge on any atom is 0.276 e. The second-order valence-corrected chi connectivity index (χ2v) is 15.9. The topological polar surface area (TPSA) is 221 Å². The number of allylic oxidation sites excluding steroid dienone is 2. The standard InChI is InChI=1S/C45H54N12O7/c1-6-56-33(22-27(3)51-56)42(60)49-44-47-32-24-29(41(46)59)25-36(62-5)39(32)54(44)15-8-9-16-55-40-37(64-19-11-14-53-17-20-63-21-18-53)26-31-30(12-10-13-35(31)58)38(40)48-45(55)50-43(61)34-23-28(4)52-57(34)7-2/h8-9,22-26H,6-7,10-21H2,1-5H3,(H2,46,59)(H,47,49,60)(H,48,50,61)/b9-8+. The van der Waals surface area contributed by atoms with E-state index >= 15 is 0 Å². The Kier molecular flexibility index (Phi) is 12.9. The summed E-state index contributed by atoms with van der Waals surface area (Å²) >= 11 is 0. The molecule has 5 heterocycles. The number of morpholine rings is 1. The number of fused-ring (bicyclic) bond motifs is 4. The minimum absolute atomic E-state index is 0.0341. The zero-order valence-corrected chi connectivity index (χ0v) is 36.9. The van der Waals surface area contributed by atoms with E-state index in [1.54, 1.807) is 38.2 Å². The van der Waals surface area contributed by atoms with Gasteiger partial charge in [-0.1, -0.05) is 12.2 Å². The van der Waals surface area contributed by atoms with Gasteiger partial charge in [-0.05, 0) is 82.9 Å². The van der Waals surface area contributed by atoms with Crippen molar-refractivity contribution in [3.63, 3.8) is 0 Å². The number of hydrogen-bond donors (Lipinski definition) is 3. The highest BCUT2D eigenvalue weighted by Gasteiger charge is 2.28. The van der Waals surface area contributed by atoms with Crippen molar-refractivity contribution in [2.45, 2.75) is 79.6 Å². The third-order valence-electron chi connectivity index (χ3n) is 11.6. The van der Waals surface area contributed by atoms with Crippen LogP contribution in [0.15, 0.2) is 42.5 Å². The average molecular weight is 875 g/mol. The Morgan fingerprint density at radius 2 is 1.45 bits per heavy atom. The molecule has 2 aliphatic rings. The smallest absolute Gasteiger partial charge is 0.276 e. The second-order valence-electron chi connectivity index (χ2n) is 15.9. The summed E-state index contributed by atoms with van der Waals surface area (Å²) in [5, 5.41) is 14.9. The van der Waals surface area contributed by atoms with Crippen LogP contribution in [0.1, 0.15) is 91.8 Å². The van der Waals surface area contributed by atoms with Crippen molar-refractivity contribution in [3.8, 4) is 11.5 Å². The zero-order chi connectivity index (χ0) is 45.1. The number of aromatic nitrogens is 8. The summed E-state index contributed by atoms with van der Waals surface area (Å²) in [6.07, 6.45) is 6.35. The van der Waals surface area contributed by atoms with Crippen molar-refractivity contribution < 1.29 is 33.4 Å². The molecule has 1 aliphatic heterocycles. The monoisotopic (exact) mass is 874 g/mol. The van der Waals surface area contributed by atoms with E-state index in [1.165, 1.54) is 7.11 Å². The highest BCUT2D eigenvalue weighted by atomic mass is 16.5. The van der Waals surface area contributed by atoms with Gasteiger partial charge in [0.1, 0.15) is 33.9 Å². The first-order chi connectivity index (χ1) is 31.0. The first-order valence-electron chi connectivity index (χ1n) is 21.7. The van der Waals surface area contributed by atoms with Crippen molar-refractivity contribution in [1.82, 2.24) is 43.6 Å². The fourth-order valence-corrected chi connectivity index (χ4v) is 8.50. The van der Waals surface area contributed by atoms with Gasteiger partial charge in [-0.3, -0.25) is 44.1 Å². The molecule has 0 spiro atoms. The molecular formula is C45H54N12O7. The summed E-state index contributed by atoms with van der Waals surface area (Å²) in [6.45, 7) is 13.3. The molecule has 0 saturated carbocycles. The van der Waals surface area contributed by atoms with Gasteiger partial charge in [0.25, 0.3) is 11.8 Å². The molecule has 336 valence electrons. The summed E-state index contributed by atoms with van der Waals surface area (Å²) in [5.74, 6) is -0.0909. The van der Waals surface area contributed by atoms with Crippen molar-refractivity contribution in [2.24, 2.45) is 5.73 Å². The van der Waals surface area contributed by atoms with Gasteiger partial charge in [0.2, 0.25) is 17.8 Å². The van der Waals surface area contributed by atoms with Crippen LogP contribution in [0, 0.1) is 13.8 Å². The van der Waals surface area contributed by atoms with Gasteiger partial charge < -0.3 is 29.1 Å². The van der Waals surface area contributed by atoms with Crippen LogP contribution < -0.4 is 25.8 Å². The fraction of sp³-hybridized carbons (Fsp3) is 0.422. The molecule has 19 nitrogen and oxygen atoms in total. The Morgan fingerprint density at radius 1 is 0.828 bits per heavy atom. The molecule has 2 aromatic carbocycles. The van der Waals surface area contributed by atoms with Crippen molar-refractivity contribution in [1.29, 1.82) is 0 Å². The maximum atomic E-state index is 14.0. The van der Waals surface area contributed by atoms with Crippen LogP contribution in [0.3, 0.4) is 0 Å². The number of rotatable bonds is 17. The van der Waals surface area contributed by atoms with Gasteiger partial charge in [-0.15, -0.1) is 0 Å². The summed E-state index contributed by atoms with van der Waals surface area (Å²) < 4.78 is 24.7. The Bertz CT molecular complexity index is 2790. The predicted octanol–water partition coefficient (Wildman–Crippen LogP) is 4.92. The number of anilines is 2. The molecule has 4 N–H and O–H groups in total. The number of carbonyl (C=O) groups is 4. The molecule has 1 aliphatic carbocycles. The number of nitrogens with one attached hydrogen (secondary N) is 2. The number of nitrogens with two attached hydrogens (primary N) is 1. The van der Waals surface area contributed by atoms with Gasteiger partial charge in [0, 0.05) is 63.4 Å². The van der Waals surface area contributed by atoms with Gasteiger partial charge in [0.15, 0.2) is 5.78 Å². The Balaban J connectivity index is 1.18. The van der Waals surface area contributed by atoms with Crippen molar-refractivity contribution in [2.75, 3.05) is 57.2 Å². The number of carbonyl (C=O) groups excluding carboxylic acids is 4. The van der Waals surface area contributed by atoms with Crippen molar-refractivity contribution in [3.05, 3.63) is 81.9 Å². The van der Waals surface area contributed by atoms with E-state index in [-0.39, 0.29) is 42.2 Å². The number of methoxy groups -OCH3 is 1. The van der Waals surface area contributed by atoms with E-state index in [9.17, 15) is 19.2 Å². The predicted molar refractivity (Wildman–Crippen MR) is 239 cm³/mol. The summed E-state index contributed by atoms with van der Waals surface area (Å²) in [5.41, 5.74) is 11.6. The molecule has 64 heavy (non-hydrogen) atoms. The molecule has 1 fully saturated rings. The number of benzene rings is 2. The number of primary amides is 1. The van der Waals surface area contributed by atoms with E-state index in [2.05, 4.69) is 25.7 Å². The number of ketones is 1. The molecule has 6 aromatic rings. The molecule has 3 amide bonds. The van der Waals surface area contributed by atoms with Gasteiger partial charge >= 0.3 is 0 Å². The lowest BCUT2D eigenvalue weighted by Gasteiger charge is -2.26. The van der Waals surface area contributed by atoms with Crippen LogP contribution in [0.4, 0.5) is 11.9 Å². The number of imidazole rings is 2. The lowest BCUT2D eigenvalue weighted by atomic mass is 9.89. The van der Waals surface area contributed by atoms with E-state index in [0.29, 0.717) is 114 Å². The lowest BCUT2D eigenvalue weighted by molar-refractivity contribution is 0.0358. The van der Waals surface area contributed by atoms with Crippen LogP contribution in [-0.4, -0.2) is 114 Å². The number of ether oxygens (including phenoxy) is 3. The molecule has 1 saturated heterocycles. The normalized spacial score (nSPS) is 14.4. The molecule has 0 bridgehead atoms. The van der Waals surface area contributed by atoms with Crippen LogP contribution in [-0.2, 0) is 37.3 Å². The highest BCUT2D eigenvalue weighted by molar-refractivity contribution is 6.07. The number of aryl methyl sites for hydroxylation is 5. The Morgan fingerprint density at radius 3 is 2.06 bits per heavy atom. The quantitative estimate of drug-likeness (QED) is 0.0821. The van der Waals surface area contributed by atoms with Crippen LogP contribution in [0.5, 0.6) is 11.5 Å². The largest absolute Gasteiger partial charge is 0.494 e. The van der Waals surface area contributed by atoms with Crippen molar-refractivity contribution >= 4 is 57.5 Å². The third-order valence-corrected chi connectivity index (χ3v) is 11.6. The first kappa shape index (κ1) is 43.8. The number of Topliss-reactive ketones (excluding diaryl/α,β-unsaturated/α-hetero) is 1. The van der Waals surface area contributed by atoms with Crippen LogP contribution in [0.2, 0.25) is 0 Å². The molecule has 0 unspecified atom stereocenters. The molecule has 19 heteroatoms. The number of hydrogen-bond acceptors (Lipinski definition) is 12. The maximum absolute atomic E-state index is 14.0. The molecule has 0 atom stereocenters. The first-order valence-corrected chi connectivity index (χ1v) is 21.7. The lowest BCUT2D eigenvalue weighted by Crippen LogP contribution is -2.37. The fourth-order valence-electron chi connectivity index (χ4n) is 8.50. The highest BCUT2D eigenvalue weighted by Crippen LogP contribution is 2.38. The SMILES string of the molecule is CCn1nc(C)cc1C(=O)Nc1nc2cc(C(N)=O)cc(OC)c2n1C/C=C/Cn1c(NC(=O)c2cc(C)nn2CC)nc2c3c(cc(OCCCN4CCOCC4)c21)C(=O)CCC3. The molecular weight excluding hydrogens is 821 g/mol. The summed E-state index contributed by atoms with van der Waals surface area (Å²) in [4.78, 5) is 65.5. The minimum atomic E-state index is -0.654. The van der Waals surface area contributed by atoms with E-state index < -0.39 is 11.8 Å². The molecule has 0 radical (unpaired) electrons. The summed E-state index contributed by atoms with van der Waals surface area (Å²) in [7, 11) is 1.48. The molecule has 8 rings (SSSR count). The van der Waals surface area contributed by atoms with Crippen LogP contribution >= 0.6 is 0 Å². The minimum Gasteiger partial charge on any atom is -0.494 e.